The van der Waals surface area contributed by atoms with E-state index in [4.69, 9.17) is 4.74 Å². The van der Waals surface area contributed by atoms with Crippen LogP contribution in [0.2, 0.25) is 0 Å². The number of ketones is 1. The topological polar surface area (TPSA) is 110 Å². The number of non-ortho nitro benzene ring substituents is 1. The molecule has 9 nitrogen and oxygen atoms in total. The highest BCUT2D eigenvalue weighted by Crippen LogP contribution is 2.46. The third-order valence-corrected chi connectivity index (χ3v) is 7.37. The molecule has 0 bridgehead atoms. The van der Waals surface area contributed by atoms with Crippen molar-refractivity contribution in [2.75, 3.05) is 12.0 Å². The average molecular weight is 495 g/mol. The SMILES string of the molecule is COc1ccc(N2C(=O)[C@@H]3[C@H](C2=O)[C@H]2C=c4ccccc4=CN2[C@@H]3C(=O)c2ccc([N+](=O)[O-])cc2)cc1. The second-order valence-electron chi connectivity index (χ2n) is 9.24. The van der Waals surface area contributed by atoms with Crippen molar-refractivity contribution < 1.29 is 24.0 Å². The van der Waals surface area contributed by atoms with Crippen molar-refractivity contribution in [3.8, 4) is 5.75 Å². The number of nitro groups is 1. The average Bonchev–Trinajstić information content (AvgIpc) is 3.38. The molecule has 0 spiro atoms. The van der Waals surface area contributed by atoms with Crippen LogP contribution >= 0.6 is 0 Å². The zero-order valence-electron chi connectivity index (χ0n) is 19.7. The highest BCUT2D eigenvalue weighted by Gasteiger charge is 2.63. The van der Waals surface area contributed by atoms with Crippen molar-refractivity contribution in [1.82, 2.24) is 4.90 Å². The number of carbonyl (C=O) groups is 3. The lowest BCUT2D eigenvalue weighted by Gasteiger charge is -2.32. The molecule has 3 aromatic carbocycles. The number of nitro benzene ring substituents is 1. The Hall–Kier alpha value is -4.79. The summed E-state index contributed by atoms with van der Waals surface area (Å²) in [7, 11) is 1.53. The highest BCUT2D eigenvalue weighted by atomic mass is 16.6. The van der Waals surface area contributed by atoms with Crippen LogP contribution < -0.4 is 20.1 Å². The van der Waals surface area contributed by atoms with Gasteiger partial charge in [0, 0.05) is 23.9 Å². The lowest BCUT2D eigenvalue weighted by Crippen LogP contribution is -2.49. The van der Waals surface area contributed by atoms with Crippen molar-refractivity contribution in [3.63, 3.8) is 0 Å². The number of nitrogens with zero attached hydrogens (tertiary/aromatic N) is 3. The Bertz CT molecular complexity index is 1580. The minimum atomic E-state index is -0.944. The Morgan fingerprint density at radius 1 is 0.892 bits per heavy atom. The van der Waals surface area contributed by atoms with E-state index >= 15 is 0 Å². The molecule has 3 aromatic rings. The van der Waals surface area contributed by atoms with E-state index in [2.05, 4.69) is 0 Å². The molecule has 2 fully saturated rings. The lowest BCUT2D eigenvalue weighted by molar-refractivity contribution is -0.384. The van der Waals surface area contributed by atoms with Gasteiger partial charge in [0.15, 0.2) is 5.78 Å². The number of Topliss-reactive ketones (excluding diaryl/α,β-unsaturated/α-hetero) is 1. The van der Waals surface area contributed by atoms with Gasteiger partial charge in [0.05, 0.1) is 35.6 Å². The molecule has 0 aliphatic carbocycles. The van der Waals surface area contributed by atoms with Crippen molar-refractivity contribution in [3.05, 3.63) is 98.9 Å². The monoisotopic (exact) mass is 495 g/mol. The van der Waals surface area contributed by atoms with Gasteiger partial charge in [-0.15, -0.1) is 0 Å². The summed E-state index contributed by atoms with van der Waals surface area (Å²) in [6.45, 7) is 0. The predicted octanol–water partition coefficient (Wildman–Crippen LogP) is 1.88. The number of methoxy groups -OCH3 is 1. The number of carbonyl (C=O) groups excluding carboxylic acids is 3. The number of rotatable bonds is 5. The summed E-state index contributed by atoms with van der Waals surface area (Å²) in [4.78, 5) is 55.0. The van der Waals surface area contributed by atoms with E-state index in [1.807, 2.05) is 41.4 Å². The van der Waals surface area contributed by atoms with Gasteiger partial charge in [-0.05, 0) is 46.8 Å². The molecular formula is C28H21N3O6. The first-order valence-corrected chi connectivity index (χ1v) is 11.8. The van der Waals surface area contributed by atoms with Crippen LogP contribution in [0.3, 0.4) is 0 Å². The van der Waals surface area contributed by atoms with Crippen LogP contribution in [0.4, 0.5) is 11.4 Å². The summed E-state index contributed by atoms with van der Waals surface area (Å²) in [5.74, 6) is -2.25. The van der Waals surface area contributed by atoms with Crippen molar-refractivity contribution in [2.24, 2.45) is 11.8 Å². The minimum Gasteiger partial charge on any atom is -0.497 e. The number of hydrogen-bond donors (Lipinski definition) is 0. The minimum absolute atomic E-state index is 0.136. The van der Waals surface area contributed by atoms with E-state index in [0.717, 1.165) is 15.3 Å². The van der Waals surface area contributed by atoms with Gasteiger partial charge in [-0.3, -0.25) is 24.5 Å². The number of ether oxygens (including phenoxy) is 1. The number of hydrogen-bond acceptors (Lipinski definition) is 7. The van der Waals surface area contributed by atoms with Crippen LogP contribution in [0, 0.1) is 22.0 Å². The van der Waals surface area contributed by atoms with E-state index in [-0.39, 0.29) is 22.9 Å². The number of fused-ring (bicyclic) bond motifs is 4. The fourth-order valence-electron chi connectivity index (χ4n) is 5.64. The summed E-state index contributed by atoms with van der Waals surface area (Å²) >= 11 is 0. The Morgan fingerprint density at radius 2 is 1.54 bits per heavy atom. The molecule has 2 amide bonds. The fraction of sp³-hybridized carbons (Fsp3) is 0.179. The number of anilines is 1. The van der Waals surface area contributed by atoms with E-state index in [9.17, 15) is 24.5 Å². The van der Waals surface area contributed by atoms with Gasteiger partial charge in [-0.25, -0.2) is 4.90 Å². The normalized spacial score (nSPS) is 23.5. The molecule has 0 N–H and O–H groups in total. The van der Waals surface area contributed by atoms with Gasteiger partial charge in [-0.1, -0.05) is 30.3 Å². The van der Waals surface area contributed by atoms with E-state index < -0.39 is 34.7 Å². The summed E-state index contributed by atoms with van der Waals surface area (Å²) in [5, 5.41) is 12.9. The largest absolute Gasteiger partial charge is 0.497 e. The number of benzene rings is 3. The molecule has 3 heterocycles. The second kappa shape index (κ2) is 8.41. The van der Waals surface area contributed by atoms with Crippen LogP contribution in [-0.2, 0) is 9.59 Å². The molecule has 2 saturated heterocycles. The van der Waals surface area contributed by atoms with Gasteiger partial charge in [-0.2, -0.15) is 0 Å². The molecule has 0 radical (unpaired) electrons. The zero-order valence-corrected chi connectivity index (χ0v) is 19.7. The molecule has 3 aliphatic rings. The van der Waals surface area contributed by atoms with Gasteiger partial charge in [0.1, 0.15) is 11.8 Å². The van der Waals surface area contributed by atoms with Gasteiger partial charge < -0.3 is 9.64 Å². The summed E-state index contributed by atoms with van der Waals surface area (Å²) in [6, 6.07) is 18.2. The smallest absolute Gasteiger partial charge is 0.269 e. The lowest BCUT2D eigenvalue weighted by atomic mass is 9.86. The third kappa shape index (κ3) is 3.42. The first kappa shape index (κ1) is 22.7. The number of imide groups is 1. The van der Waals surface area contributed by atoms with Crippen LogP contribution in [0.15, 0.2) is 72.8 Å². The summed E-state index contributed by atoms with van der Waals surface area (Å²) in [6.07, 6.45) is 3.78. The van der Waals surface area contributed by atoms with E-state index in [1.54, 1.807) is 24.3 Å². The van der Waals surface area contributed by atoms with Crippen LogP contribution in [-0.4, -0.2) is 46.6 Å². The first-order valence-electron chi connectivity index (χ1n) is 11.8. The van der Waals surface area contributed by atoms with E-state index in [1.165, 1.54) is 31.4 Å². The quantitative estimate of drug-likeness (QED) is 0.230. The predicted molar refractivity (Wildman–Crippen MR) is 134 cm³/mol. The van der Waals surface area contributed by atoms with Crippen molar-refractivity contribution >= 4 is 41.2 Å². The van der Waals surface area contributed by atoms with Gasteiger partial charge >= 0.3 is 0 Å². The molecule has 9 heteroatoms. The molecule has 0 aromatic heterocycles. The maximum Gasteiger partial charge on any atom is 0.269 e. The molecular weight excluding hydrogens is 474 g/mol. The van der Waals surface area contributed by atoms with Crippen molar-refractivity contribution in [1.29, 1.82) is 0 Å². The Labute approximate surface area is 211 Å². The fourth-order valence-corrected chi connectivity index (χ4v) is 5.64. The third-order valence-electron chi connectivity index (χ3n) is 7.37. The first-order chi connectivity index (χ1) is 17.9. The molecule has 6 rings (SSSR count). The number of amides is 2. The molecule has 4 atom stereocenters. The molecule has 0 unspecified atom stereocenters. The van der Waals surface area contributed by atoms with Gasteiger partial charge in [0.2, 0.25) is 11.8 Å². The van der Waals surface area contributed by atoms with E-state index in [0.29, 0.717) is 11.4 Å². The van der Waals surface area contributed by atoms with Crippen LogP contribution in [0.1, 0.15) is 10.4 Å². The Balaban J connectivity index is 1.46. The maximum atomic E-state index is 13.9. The Kier molecular flexibility index (Phi) is 5.15. The highest BCUT2D eigenvalue weighted by molar-refractivity contribution is 6.25. The van der Waals surface area contributed by atoms with Crippen molar-refractivity contribution in [2.45, 2.75) is 12.1 Å². The van der Waals surface area contributed by atoms with Crippen LogP contribution in [0.25, 0.3) is 12.3 Å². The molecule has 184 valence electrons. The Morgan fingerprint density at radius 3 is 2.19 bits per heavy atom. The van der Waals surface area contributed by atoms with Gasteiger partial charge in [0.25, 0.3) is 5.69 Å². The zero-order chi connectivity index (χ0) is 25.8. The second-order valence-corrected chi connectivity index (χ2v) is 9.24. The van der Waals surface area contributed by atoms with Crippen LogP contribution in [0.5, 0.6) is 5.75 Å². The molecule has 37 heavy (non-hydrogen) atoms. The summed E-state index contributed by atoms with van der Waals surface area (Å²) < 4.78 is 5.19. The molecule has 3 aliphatic heterocycles. The standard InChI is InChI=1S/C28H21N3O6/c1-37-21-12-10-19(11-13-21)30-27(33)23-22-14-17-4-2-3-5-18(17)15-29(22)25(24(23)28(30)34)26(32)16-6-8-20(9-7-16)31(35)36/h2-15,22-25H,1H3/t22-,23-,24-,25+/m1/s1. The molecule has 0 saturated carbocycles. The maximum absolute atomic E-state index is 13.9. The summed E-state index contributed by atoms with van der Waals surface area (Å²) in [5.41, 5.74) is 0.521.